The van der Waals surface area contributed by atoms with E-state index in [1.165, 1.54) is 35.2 Å². The van der Waals surface area contributed by atoms with Crippen molar-refractivity contribution < 1.29 is 18.0 Å². The van der Waals surface area contributed by atoms with Crippen LogP contribution in [0.4, 0.5) is 5.69 Å². The molecule has 0 saturated carbocycles. The minimum atomic E-state index is -4.22. The molecule has 11 heteroatoms. The first-order chi connectivity index (χ1) is 18.4. The van der Waals surface area contributed by atoms with Crippen molar-refractivity contribution in [3.63, 3.8) is 0 Å². The number of sulfonamides is 1. The average Bonchev–Trinajstić information content (AvgIpc) is 2.89. The van der Waals surface area contributed by atoms with Crippen LogP contribution in [0.2, 0.25) is 15.1 Å². The molecule has 1 unspecified atom stereocenters. The fourth-order valence-electron chi connectivity index (χ4n) is 3.81. The lowest BCUT2D eigenvalue weighted by molar-refractivity contribution is -0.139. The molecule has 39 heavy (non-hydrogen) atoms. The summed E-state index contributed by atoms with van der Waals surface area (Å²) >= 11 is 18.4. The van der Waals surface area contributed by atoms with Crippen molar-refractivity contribution in [3.05, 3.63) is 92.9 Å². The van der Waals surface area contributed by atoms with Crippen molar-refractivity contribution in [3.8, 4) is 0 Å². The first kappa shape index (κ1) is 30.8. The summed E-state index contributed by atoms with van der Waals surface area (Å²) in [6.45, 7) is 5.28. The van der Waals surface area contributed by atoms with Crippen molar-refractivity contribution in [2.24, 2.45) is 0 Å². The molecule has 208 valence electrons. The van der Waals surface area contributed by atoms with Crippen LogP contribution >= 0.6 is 34.8 Å². The predicted octanol–water partition coefficient (Wildman–Crippen LogP) is 6.09. The highest BCUT2D eigenvalue weighted by atomic mass is 35.5. The van der Waals surface area contributed by atoms with E-state index >= 15 is 0 Å². The van der Waals surface area contributed by atoms with Crippen molar-refractivity contribution in [1.29, 1.82) is 0 Å². The number of aryl methyl sites for hydroxylation is 1. The number of halogens is 3. The van der Waals surface area contributed by atoms with Crippen LogP contribution in [0, 0.1) is 6.92 Å². The second kappa shape index (κ2) is 13.5. The van der Waals surface area contributed by atoms with Crippen molar-refractivity contribution in [2.45, 2.75) is 44.7 Å². The van der Waals surface area contributed by atoms with E-state index in [1.807, 2.05) is 13.8 Å². The standard InChI is InChI=1S/C28H30Cl3N3O4S/c1-4-13-32-28(36)20(3)33(17-21-7-9-22(29)10-8-21)27(35)18-34(25-15-23(30)14-24(31)16-25)39(37,38)26-11-5-19(2)6-12-26/h5-12,14-16,20H,4,13,17-18H2,1-3H3,(H,32,36). The summed E-state index contributed by atoms with van der Waals surface area (Å²) in [6.07, 6.45) is 0.724. The SMILES string of the molecule is CCCNC(=O)C(C)N(Cc1ccc(Cl)cc1)C(=O)CN(c1cc(Cl)cc(Cl)c1)S(=O)(=O)c1ccc(C)cc1. The molecule has 0 heterocycles. The van der Waals surface area contributed by atoms with Gasteiger partial charge in [-0.1, -0.05) is 71.6 Å². The van der Waals surface area contributed by atoms with E-state index in [0.717, 1.165) is 21.9 Å². The van der Waals surface area contributed by atoms with Gasteiger partial charge in [-0.05, 0) is 68.3 Å². The Bertz CT molecular complexity index is 1390. The lowest BCUT2D eigenvalue weighted by Gasteiger charge is -2.32. The summed E-state index contributed by atoms with van der Waals surface area (Å²) in [7, 11) is -4.22. The van der Waals surface area contributed by atoms with Gasteiger partial charge in [0, 0.05) is 28.2 Å². The Labute approximate surface area is 244 Å². The Morgan fingerprint density at radius 3 is 2.05 bits per heavy atom. The van der Waals surface area contributed by atoms with Crippen LogP contribution in [0.15, 0.2) is 71.6 Å². The minimum absolute atomic E-state index is 0.00464. The monoisotopic (exact) mass is 609 g/mol. The van der Waals surface area contributed by atoms with Gasteiger partial charge in [0.05, 0.1) is 10.6 Å². The highest BCUT2D eigenvalue weighted by Crippen LogP contribution is 2.30. The highest BCUT2D eigenvalue weighted by molar-refractivity contribution is 7.92. The molecule has 0 aliphatic heterocycles. The normalized spacial score (nSPS) is 12.1. The van der Waals surface area contributed by atoms with E-state index < -0.39 is 28.5 Å². The Balaban J connectivity index is 2.04. The number of nitrogens with zero attached hydrogens (tertiary/aromatic N) is 2. The first-order valence-electron chi connectivity index (χ1n) is 12.3. The van der Waals surface area contributed by atoms with Crippen molar-refractivity contribution >= 4 is 62.3 Å². The molecule has 0 aliphatic rings. The molecule has 0 aliphatic carbocycles. The van der Waals surface area contributed by atoms with E-state index in [-0.39, 0.29) is 33.1 Å². The Morgan fingerprint density at radius 1 is 0.897 bits per heavy atom. The number of nitrogens with one attached hydrogen (secondary N) is 1. The van der Waals surface area contributed by atoms with E-state index in [0.29, 0.717) is 11.6 Å². The van der Waals surface area contributed by atoms with Gasteiger partial charge >= 0.3 is 0 Å². The van der Waals surface area contributed by atoms with E-state index in [2.05, 4.69) is 5.32 Å². The largest absolute Gasteiger partial charge is 0.354 e. The Morgan fingerprint density at radius 2 is 1.49 bits per heavy atom. The minimum Gasteiger partial charge on any atom is -0.354 e. The molecular formula is C28H30Cl3N3O4S. The summed E-state index contributed by atoms with van der Waals surface area (Å²) in [5.41, 5.74) is 1.72. The zero-order valence-corrected chi connectivity index (χ0v) is 24.9. The summed E-state index contributed by atoms with van der Waals surface area (Å²) in [4.78, 5) is 28.1. The molecule has 2 amide bonds. The summed E-state index contributed by atoms with van der Waals surface area (Å²) in [5, 5.41) is 3.74. The number of hydrogen-bond acceptors (Lipinski definition) is 4. The number of anilines is 1. The Hall–Kier alpha value is -2.78. The molecule has 0 spiro atoms. The summed E-state index contributed by atoms with van der Waals surface area (Å²) < 4.78 is 28.6. The molecule has 3 rings (SSSR count). The average molecular weight is 611 g/mol. The Kier molecular flexibility index (Phi) is 10.7. The molecule has 0 fully saturated rings. The zero-order chi connectivity index (χ0) is 28.7. The third-order valence-electron chi connectivity index (χ3n) is 6.01. The maximum absolute atomic E-state index is 13.9. The maximum atomic E-state index is 13.9. The van der Waals surface area contributed by atoms with Crippen LogP contribution in [0.5, 0.6) is 0 Å². The van der Waals surface area contributed by atoms with Crippen LogP contribution in [-0.4, -0.2) is 44.3 Å². The van der Waals surface area contributed by atoms with Gasteiger partial charge in [-0.15, -0.1) is 0 Å². The fraction of sp³-hybridized carbons (Fsp3) is 0.286. The zero-order valence-electron chi connectivity index (χ0n) is 21.8. The van der Waals surface area contributed by atoms with Gasteiger partial charge in [-0.25, -0.2) is 8.42 Å². The molecule has 3 aromatic carbocycles. The molecule has 1 atom stereocenters. The molecule has 0 saturated heterocycles. The van der Waals surface area contributed by atoms with Crippen LogP contribution in [0.25, 0.3) is 0 Å². The molecule has 0 bridgehead atoms. The van der Waals surface area contributed by atoms with E-state index in [9.17, 15) is 18.0 Å². The lowest BCUT2D eigenvalue weighted by atomic mass is 10.1. The molecule has 7 nitrogen and oxygen atoms in total. The van der Waals surface area contributed by atoms with Gasteiger partial charge in [0.15, 0.2) is 0 Å². The quantitative estimate of drug-likeness (QED) is 0.285. The fourth-order valence-corrected chi connectivity index (χ4v) is 5.85. The number of hydrogen-bond donors (Lipinski definition) is 1. The van der Waals surface area contributed by atoms with Crippen molar-refractivity contribution in [2.75, 3.05) is 17.4 Å². The van der Waals surface area contributed by atoms with Gasteiger partial charge in [0.2, 0.25) is 11.8 Å². The molecule has 0 aromatic heterocycles. The highest BCUT2D eigenvalue weighted by Gasteiger charge is 2.32. The number of amides is 2. The van der Waals surface area contributed by atoms with Gasteiger partial charge < -0.3 is 10.2 Å². The van der Waals surface area contributed by atoms with Gasteiger partial charge in [0.25, 0.3) is 10.0 Å². The number of rotatable bonds is 11. The second-order valence-electron chi connectivity index (χ2n) is 9.07. The number of carbonyl (C=O) groups excluding carboxylic acids is 2. The predicted molar refractivity (Wildman–Crippen MR) is 157 cm³/mol. The van der Waals surface area contributed by atoms with Crippen LogP contribution in [-0.2, 0) is 26.2 Å². The summed E-state index contributed by atoms with van der Waals surface area (Å²) in [6, 6.07) is 16.6. The third kappa shape index (κ3) is 8.11. The smallest absolute Gasteiger partial charge is 0.264 e. The van der Waals surface area contributed by atoms with E-state index in [1.54, 1.807) is 43.3 Å². The van der Waals surface area contributed by atoms with Crippen LogP contribution in [0.3, 0.4) is 0 Å². The third-order valence-corrected chi connectivity index (χ3v) is 8.48. The van der Waals surface area contributed by atoms with Crippen molar-refractivity contribution in [1.82, 2.24) is 10.2 Å². The molecule has 1 N–H and O–H groups in total. The molecular weight excluding hydrogens is 581 g/mol. The van der Waals surface area contributed by atoms with Crippen LogP contribution < -0.4 is 9.62 Å². The van der Waals surface area contributed by atoms with Gasteiger partial charge in [-0.3, -0.25) is 13.9 Å². The molecule has 3 aromatic rings. The first-order valence-corrected chi connectivity index (χ1v) is 14.9. The van der Waals surface area contributed by atoms with Crippen LogP contribution in [0.1, 0.15) is 31.4 Å². The summed E-state index contributed by atoms with van der Waals surface area (Å²) in [5.74, 6) is -0.936. The topological polar surface area (TPSA) is 86.8 Å². The van der Waals surface area contributed by atoms with E-state index in [4.69, 9.17) is 34.8 Å². The number of benzene rings is 3. The molecule has 0 radical (unpaired) electrons. The lowest BCUT2D eigenvalue weighted by Crippen LogP contribution is -2.51. The second-order valence-corrected chi connectivity index (χ2v) is 12.2. The van der Waals surface area contributed by atoms with Gasteiger partial charge in [-0.2, -0.15) is 0 Å². The maximum Gasteiger partial charge on any atom is 0.264 e. The van der Waals surface area contributed by atoms with Gasteiger partial charge in [0.1, 0.15) is 12.6 Å². The number of carbonyl (C=O) groups is 2.